The van der Waals surface area contributed by atoms with Crippen LogP contribution >= 0.6 is 0 Å². The number of ether oxygens (including phenoxy) is 1. The Morgan fingerprint density at radius 2 is 1.15 bits per heavy atom. The summed E-state index contributed by atoms with van der Waals surface area (Å²) in [4.78, 5) is 0. The third-order valence-corrected chi connectivity index (χ3v) is 2.89. The van der Waals surface area contributed by atoms with Crippen LogP contribution in [0.5, 0.6) is 0 Å². The van der Waals surface area contributed by atoms with Gasteiger partial charge in [0.2, 0.25) is 0 Å². The van der Waals surface area contributed by atoms with Crippen molar-refractivity contribution in [1.82, 2.24) is 6.15 Å². The van der Waals surface area contributed by atoms with Crippen molar-refractivity contribution in [3.63, 3.8) is 0 Å². The van der Waals surface area contributed by atoms with E-state index in [-0.39, 0.29) is 6.15 Å². The molecule has 0 amide bonds. The summed E-state index contributed by atoms with van der Waals surface area (Å²) in [6.45, 7) is 0. The molecule has 1 aliphatic carbocycles. The molecule has 2 heteroatoms. The molecule has 80 valence electrons. The molecule has 0 radical (unpaired) electrons. The van der Waals surface area contributed by atoms with E-state index < -0.39 is 0 Å². The van der Waals surface area contributed by atoms with Gasteiger partial charge in [-0.2, -0.15) is 0 Å². The van der Waals surface area contributed by atoms with E-state index in [2.05, 4.69) is 0 Å². The van der Waals surface area contributed by atoms with Gasteiger partial charge in [0.1, 0.15) is 0 Å². The lowest BCUT2D eigenvalue weighted by Crippen LogP contribution is -2.10. The highest BCUT2D eigenvalue weighted by Gasteiger charge is 2.07. The topological polar surface area (TPSA) is 44.2 Å². The maximum Gasteiger partial charge on any atom is 0.0571 e. The molecule has 0 saturated heterocycles. The molecule has 0 aromatic carbocycles. The second-order valence-corrected chi connectivity index (χ2v) is 3.91. The number of hydrogen-bond donors (Lipinski definition) is 1. The Labute approximate surface area is 82.6 Å². The molecular weight excluding hydrogens is 162 g/mol. The molecule has 1 aliphatic rings. The summed E-state index contributed by atoms with van der Waals surface area (Å²) in [6, 6.07) is 0. The van der Waals surface area contributed by atoms with Gasteiger partial charge in [-0.05, 0) is 12.8 Å². The summed E-state index contributed by atoms with van der Waals surface area (Å²) in [5.41, 5.74) is 0. The lowest BCUT2D eigenvalue weighted by Gasteiger charge is -2.16. The molecule has 1 saturated carbocycles. The standard InChI is InChI=1S/C11H22O.H3N/c1-12-11-9-7-5-3-2-4-6-8-10-11;/h11H,2-10H2,1H3;1H3. The van der Waals surface area contributed by atoms with E-state index >= 15 is 0 Å². The van der Waals surface area contributed by atoms with Gasteiger partial charge >= 0.3 is 0 Å². The molecule has 2 nitrogen and oxygen atoms in total. The molecule has 0 aromatic heterocycles. The van der Waals surface area contributed by atoms with Crippen molar-refractivity contribution >= 4 is 0 Å². The highest BCUT2D eigenvalue weighted by Crippen LogP contribution is 2.18. The largest absolute Gasteiger partial charge is 0.381 e. The first-order valence-corrected chi connectivity index (χ1v) is 5.46. The third kappa shape index (κ3) is 6.05. The molecule has 0 aliphatic heterocycles. The predicted octanol–water partition coefficient (Wildman–Crippen LogP) is 3.69. The van der Waals surface area contributed by atoms with E-state index in [0.717, 1.165) is 0 Å². The molecule has 0 aromatic rings. The highest BCUT2D eigenvalue weighted by atomic mass is 16.5. The van der Waals surface area contributed by atoms with Gasteiger partial charge < -0.3 is 10.9 Å². The number of hydrogen-bond acceptors (Lipinski definition) is 2. The fraction of sp³-hybridized carbons (Fsp3) is 1.00. The lowest BCUT2D eigenvalue weighted by molar-refractivity contribution is 0.0821. The minimum Gasteiger partial charge on any atom is -0.381 e. The van der Waals surface area contributed by atoms with Crippen LogP contribution in [0, 0.1) is 0 Å². The van der Waals surface area contributed by atoms with E-state index in [1.54, 1.807) is 0 Å². The molecule has 0 spiro atoms. The second-order valence-electron chi connectivity index (χ2n) is 3.91. The molecule has 0 bridgehead atoms. The summed E-state index contributed by atoms with van der Waals surface area (Å²) >= 11 is 0. The molecular formula is C11H25NO. The monoisotopic (exact) mass is 187 g/mol. The van der Waals surface area contributed by atoms with Crippen LogP contribution in [0.2, 0.25) is 0 Å². The van der Waals surface area contributed by atoms with Crippen LogP contribution in [-0.2, 0) is 4.74 Å². The Hall–Kier alpha value is -0.0800. The van der Waals surface area contributed by atoms with Crippen LogP contribution in [0.15, 0.2) is 0 Å². The van der Waals surface area contributed by atoms with Gasteiger partial charge in [0.05, 0.1) is 6.10 Å². The van der Waals surface area contributed by atoms with Crippen LogP contribution in [0.25, 0.3) is 0 Å². The van der Waals surface area contributed by atoms with Gasteiger partial charge in [0, 0.05) is 7.11 Å². The molecule has 0 heterocycles. The van der Waals surface area contributed by atoms with Crippen molar-refractivity contribution in [3.8, 4) is 0 Å². The molecule has 13 heavy (non-hydrogen) atoms. The van der Waals surface area contributed by atoms with E-state index in [0.29, 0.717) is 6.10 Å². The molecule has 0 atom stereocenters. The Bertz CT molecular complexity index is 96.3. The zero-order chi connectivity index (χ0) is 8.65. The summed E-state index contributed by atoms with van der Waals surface area (Å²) in [5, 5.41) is 0. The first-order valence-electron chi connectivity index (χ1n) is 5.46. The van der Waals surface area contributed by atoms with Crippen molar-refractivity contribution in [2.75, 3.05) is 7.11 Å². The third-order valence-electron chi connectivity index (χ3n) is 2.89. The first-order chi connectivity index (χ1) is 5.93. The van der Waals surface area contributed by atoms with Crippen LogP contribution in [0.4, 0.5) is 0 Å². The van der Waals surface area contributed by atoms with Crippen molar-refractivity contribution in [3.05, 3.63) is 0 Å². The summed E-state index contributed by atoms with van der Waals surface area (Å²) < 4.78 is 5.42. The quantitative estimate of drug-likeness (QED) is 0.680. The minimum atomic E-state index is 0. The van der Waals surface area contributed by atoms with Crippen molar-refractivity contribution < 1.29 is 4.74 Å². The van der Waals surface area contributed by atoms with Crippen LogP contribution in [-0.4, -0.2) is 13.2 Å². The summed E-state index contributed by atoms with van der Waals surface area (Å²) in [6.07, 6.45) is 13.1. The van der Waals surface area contributed by atoms with Gasteiger partial charge in [-0.15, -0.1) is 0 Å². The van der Waals surface area contributed by atoms with Crippen molar-refractivity contribution in [2.45, 2.75) is 63.9 Å². The maximum atomic E-state index is 5.42. The average Bonchev–Trinajstić information content (AvgIpc) is 2.14. The van der Waals surface area contributed by atoms with E-state index in [4.69, 9.17) is 4.74 Å². The number of rotatable bonds is 1. The average molecular weight is 187 g/mol. The van der Waals surface area contributed by atoms with Gasteiger partial charge in [-0.1, -0.05) is 44.9 Å². The number of methoxy groups -OCH3 is 1. The van der Waals surface area contributed by atoms with Gasteiger partial charge in [-0.3, -0.25) is 0 Å². The lowest BCUT2D eigenvalue weighted by atomic mass is 9.99. The maximum absolute atomic E-state index is 5.42. The smallest absolute Gasteiger partial charge is 0.0571 e. The van der Waals surface area contributed by atoms with Gasteiger partial charge in [0.15, 0.2) is 0 Å². The predicted molar refractivity (Wildman–Crippen MR) is 57.4 cm³/mol. The Morgan fingerprint density at radius 3 is 1.54 bits per heavy atom. The Kier molecular flexibility index (Phi) is 8.46. The zero-order valence-electron chi connectivity index (χ0n) is 9.06. The van der Waals surface area contributed by atoms with E-state index in [1.807, 2.05) is 7.11 Å². The highest BCUT2D eigenvalue weighted by molar-refractivity contribution is 4.60. The Morgan fingerprint density at radius 1 is 0.769 bits per heavy atom. The van der Waals surface area contributed by atoms with Gasteiger partial charge in [-0.25, -0.2) is 0 Å². The molecule has 0 unspecified atom stereocenters. The summed E-state index contributed by atoms with van der Waals surface area (Å²) in [5.74, 6) is 0. The fourth-order valence-corrected chi connectivity index (χ4v) is 2.01. The van der Waals surface area contributed by atoms with E-state index in [1.165, 1.54) is 57.8 Å². The molecule has 3 N–H and O–H groups in total. The summed E-state index contributed by atoms with van der Waals surface area (Å²) in [7, 11) is 1.86. The molecule has 1 rings (SSSR count). The minimum absolute atomic E-state index is 0. The van der Waals surface area contributed by atoms with Crippen LogP contribution < -0.4 is 6.15 Å². The SMILES string of the molecule is COC1CCCCCCCCC1.N. The van der Waals surface area contributed by atoms with E-state index in [9.17, 15) is 0 Å². The first kappa shape index (κ1) is 12.9. The van der Waals surface area contributed by atoms with Gasteiger partial charge in [0.25, 0.3) is 0 Å². The fourth-order valence-electron chi connectivity index (χ4n) is 2.01. The van der Waals surface area contributed by atoms with Crippen molar-refractivity contribution in [2.24, 2.45) is 0 Å². The van der Waals surface area contributed by atoms with Crippen LogP contribution in [0.3, 0.4) is 0 Å². The molecule has 1 fully saturated rings. The zero-order valence-corrected chi connectivity index (χ0v) is 9.06. The van der Waals surface area contributed by atoms with Crippen LogP contribution in [0.1, 0.15) is 57.8 Å². The normalized spacial score (nSPS) is 21.9. The second kappa shape index (κ2) is 8.52. The Balaban J connectivity index is 0.00000144. The van der Waals surface area contributed by atoms with Crippen molar-refractivity contribution in [1.29, 1.82) is 0 Å².